The fourth-order valence-electron chi connectivity index (χ4n) is 2.58. The quantitative estimate of drug-likeness (QED) is 0.821. The third-order valence-electron chi connectivity index (χ3n) is 4.05. The lowest BCUT2D eigenvalue weighted by Crippen LogP contribution is -2.38. The number of hydrogen-bond donors (Lipinski definition) is 1. The Morgan fingerprint density at radius 1 is 1.33 bits per heavy atom. The van der Waals surface area contributed by atoms with Crippen LogP contribution in [0, 0.1) is 6.92 Å². The minimum Gasteiger partial charge on any atom is -0.329 e. The van der Waals surface area contributed by atoms with Gasteiger partial charge in [0.1, 0.15) is 0 Å². The van der Waals surface area contributed by atoms with Gasteiger partial charge in [0.15, 0.2) is 0 Å². The second kappa shape index (κ2) is 7.54. The summed E-state index contributed by atoms with van der Waals surface area (Å²) < 4.78 is 1.15. The van der Waals surface area contributed by atoms with E-state index < -0.39 is 0 Å². The highest BCUT2D eigenvalue weighted by molar-refractivity contribution is 9.10. The van der Waals surface area contributed by atoms with Crippen molar-refractivity contribution < 1.29 is 0 Å². The molecule has 0 spiro atoms. The molecular weight excluding hydrogens is 344 g/mol. The molecule has 21 heavy (non-hydrogen) atoms. The van der Waals surface area contributed by atoms with E-state index in [2.05, 4.69) is 77.4 Å². The predicted octanol–water partition coefficient (Wildman–Crippen LogP) is 4.38. The van der Waals surface area contributed by atoms with E-state index in [0.717, 1.165) is 10.9 Å². The summed E-state index contributed by atoms with van der Waals surface area (Å²) in [6, 6.07) is 11.6. The minimum atomic E-state index is 0.256. The molecule has 0 aliphatic heterocycles. The summed E-state index contributed by atoms with van der Waals surface area (Å²) in [4.78, 5) is 3.82. The summed E-state index contributed by atoms with van der Waals surface area (Å²) in [6.45, 7) is 5.02. The molecule has 2 atom stereocenters. The lowest BCUT2D eigenvalue weighted by Gasteiger charge is -2.33. The van der Waals surface area contributed by atoms with E-state index in [9.17, 15) is 0 Å². The highest BCUT2D eigenvalue weighted by Gasteiger charge is 2.21. The van der Waals surface area contributed by atoms with E-state index in [4.69, 9.17) is 5.73 Å². The largest absolute Gasteiger partial charge is 0.329 e. The normalized spacial score (nSPS) is 14.4. The molecule has 4 heteroatoms. The van der Waals surface area contributed by atoms with Crippen molar-refractivity contribution in [2.24, 2.45) is 5.73 Å². The van der Waals surface area contributed by atoms with Crippen LogP contribution in [0.25, 0.3) is 0 Å². The van der Waals surface area contributed by atoms with Crippen molar-refractivity contribution >= 4 is 27.3 Å². The fourth-order valence-corrected chi connectivity index (χ4v) is 3.66. The number of aryl methyl sites for hydroxylation is 1. The van der Waals surface area contributed by atoms with Crippen LogP contribution in [-0.4, -0.2) is 24.5 Å². The lowest BCUT2D eigenvalue weighted by molar-refractivity contribution is 0.188. The van der Waals surface area contributed by atoms with Crippen LogP contribution in [0.5, 0.6) is 0 Å². The number of nitrogens with two attached hydrogens (primary N) is 1. The van der Waals surface area contributed by atoms with E-state index in [1.54, 1.807) is 0 Å². The third-order valence-corrected chi connectivity index (χ3v) is 5.84. The number of benzene rings is 1. The number of hydrogen-bond acceptors (Lipinski definition) is 3. The monoisotopic (exact) mass is 366 g/mol. The SMILES string of the molecule is Cc1cc(C(CN)N(C)C(C)Cc2cccs2)ccc1Br. The first kappa shape index (κ1) is 16.7. The van der Waals surface area contributed by atoms with E-state index in [1.807, 2.05) is 11.3 Å². The molecule has 0 amide bonds. The molecule has 0 saturated heterocycles. The van der Waals surface area contributed by atoms with E-state index in [0.29, 0.717) is 12.6 Å². The number of nitrogens with zero attached hydrogens (tertiary/aromatic N) is 1. The van der Waals surface area contributed by atoms with Crippen LogP contribution in [0.3, 0.4) is 0 Å². The third kappa shape index (κ3) is 4.16. The molecule has 0 radical (unpaired) electrons. The van der Waals surface area contributed by atoms with Crippen LogP contribution in [0.15, 0.2) is 40.2 Å². The molecule has 0 aliphatic rings. The molecule has 0 bridgehead atoms. The van der Waals surface area contributed by atoms with Gasteiger partial charge in [-0.2, -0.15) is 0 Å². The number of rotatable bonds is 6. The lowest BCUT2D eigenvalue weighted by atomic mass is 10.0. The molecule has 1 aromatic carbocycles. The first-order chi connectivity index (χ1) is 10.0. The van der Waals surface area contributed by atoms with Crippen LogP contribution in [0.1, 0.15) is 29.0 Å². The average molecular weight is 367 g/mol. The van der Waals surface area contributed by atoms with Gasteiger partial charge in [0.2, 0.25) is 0 Å². The second-order valence-corrected chi connectivity index (χ2v) is 7.44. The average Bonchev–Trinajstić information content (AvgIpc) is 2.96. The van der Waals surface area contributed by atoms with Crippen LogP contribution >= 0.6 is 27.3 Å². The molecule has 0 fully saturated rings. The summed E-state index contributed by atoms with van der Waals surface area (Å²) in [7, 11) is 2.17. The molecule has 2 nitrogen and oxygen atoms in total. The maximum atomic E-state index is 6.05. The van der Waals surface area contributed by atoms with Gasteiger partial charge in [-0.3, -0.25) is 4.90 Å². The van der Waals surface area contributed by atoms with Gasteiger partial charge in [-0.05, 0) is 56.0 Å². The Kier molecular flexibility index (Phi) is 5.99. The topological polar surface area (TPSA) is 29.3 Å². The first-order valence-electron chi connectivity index (χ1n) is 7.23. The zero-order chi connectivity index (χ0) is 15.4. The minimum absolute atomic E-state index is 0.256. The Morgan fingerprint density at radius 2 is 2.10 bits per heavy atom. The Balaban J connectivity index is 2.13. The van der Waals surface area contributed by atoms with Crippen molar-refractivity contribution in [2.75, 3.05) is 13.6 Å². The van der Waals surface area contributed by atoms with Crippen LogP contribution < -0.4 is 5.73 Å². The molecule has 0 saturated carbocycles. The zero-order valence-corrected chi connectivity index (χ0v) is 15.2. The molecule has 2 N–H and O–H groups in total. The number of likely N-dealkylation sites (N-methyl/N-ethyl adjacent to an activating group) is 1. The second-order valence-electron chi connectivity index (χ2n) is 5.56. The van der Waals surface area contributed by atoms with Gasteiger partial charge >= 0.3 is 0 Å². The van der Waals surface area contributed by atoms with Crippen molar-refractivity contribution in [3.05, 3.63) is 56.2 Å². The zero-order valence-electron chi connectivity index (χ0n) is 12.8. The molecule has 1 heterocycles. The summed E-state index contributed by atoms with van der Waals surface area (Å²) in [5.41, 5.74) is 8.60. The van der Waals surface area contributed by atoms with Gasteiger partial charge in [-0.15, -0.1) is 11.3 Å². The molecule has 2 unspecified atom stereocenters. The highest BCUT2D eigenvalue weighted by atomic mass is 79.9. The van der Waals surface area contributed by atoms with Gasteiger partial charge < -0.3 is 5.73 Å². The van der Waals surface area contributed by atoms with Crippen molar-refractivity contribution in [1.82, 2.24) is 4.90 Å². The van der Waals surface area contributed by atoms with Crippen molar-refractivity contribution in [2.45, 2.75) is 32.4 Å². The number of thiophene rings is 1. The van der Waals surface area contributed by atoms with Gasteiger partial charge in [0.25, 0.3) is 0 Å². The first-order valence-corrected chi connectivity index (χ1v) is 8.90. The molecule has 2 aromatic rings. The highest BCUT2D eigenvalue weighted by Crippen LogP contribution is 2.26. The summed E-state index contributed by atoms with van der Waals surface area (Å²) >= 11 is 5.39. The Hall–Kier alpha value is -0.680. The summed E-state index contributed by atoms with van der Waals surface area (Å²) in [5.74, 6) is 0. The van der Waals surface area contributed by atoms with Crippen LogP contribution in [-0.2, 0) is 6.42 Å². The van der Waals surface area contributed by atoms with Gasteiger partial charge in [-0.1, -0.05) is 34.1 Å². The fraction of sp³-hybridized carbons (Fsp3) is 0.412. The number of halogens is 1. The standard InChI is InChI=1S/C17H23BrN2S/c1-12-9-14(6-7-16(12)18)17(11-19)20(3)13(2)10-15-5-4-8-21-15/h4-9,13,17H,10-11,19H2,1-3H3. The Morgan fingerprint density at radius 3 is 2.67 bits per heavy atom. The smallest absolute Gasteiger partial charge is 0.0470 e. The van der Waals surface area contributed by atoms with E-state index >= 15 is 0 Å². The molecule has 114 valence electrons. The Bertz CT molecular complexity index is 568. The van der Waals surface area contributed by atoms with Crippen LogP contribution in [0.2, 0.25) is 0 Å². The molecule has 2 rings (SSSR count). The maximum absolute atomic E-state index is 6.05. The summed E-state index contributed by atoms with van der Waals surface area (Å²) in [5, 5.41) is 2.14. The molecular formula is C17H23BrN2S. The van der Waals surface area contributed by atoms with Gasteiger partial charge in [0.05, 0.1) is 0 Å². The van der Waals surface area contributed by atoms with E-state index in [-0.39, 0.29) is 6.04 Å². The van der Waals surface area contributed by atoms with E-state index in [1.165, 1.54) is 16.0 Å². The molecule has 1 aromatic heterocycles. The molecule has 0 aliphatic carbocycles. The predicted molar refractivity (Wildman–Crippen MR) is 95.9 cm³/mol. The summed E-state index contributed by atoms with van der Waals surface area (Å²) in [6.07, 6.45) is 1.07. The van der Waals surface area contributed by atoms with Gasteiger partial charge in [-0.25, -0.2) is 0 Å². The van der Waals surface area contributed by atoms with Crippen LogP contribution in [0.4, 0.5) is 0 Å². The Labute approximate surface area is 140 Å². The van der Waals surface area contributed by atoms with Crippen molar-refractivity contribution in [3.8, 4) is 0 Å². The maximum Gasteiger partial charge on any atom is 0.0470 e. The van der Waals surface area contributed by atoms with Gasteiger partial charge in [0, 0.05) is 28.0 Å². The van der Waals surface area contributed by atoms with Crippen molar-refractivity contribution in [1.29, 1.82) is 0 Å². The van der Waals surface area contributed by atoms with Crippen molar-refractivity contribution in [3.63, 3.8) is 0 Å².